The summed E-state index contributed by atoms with van der Waals surface area (Å²) in [6.45, 7) is 0. The summed E-state index contributed by atoms with van der Waals surface area (Å²) in [4.78, 5) is 0. The molecule has 1 saturated carbocycles. The molecule has 2 aromatic rings. The molecule has 2 unspecified atom stereocenters. The van der Waals surface area contributed by atoms with Gasteiger partial charge in [0.1, 0.15) is 11.6 Å². The van der Waals surface area contributed by atoms with E-state index < -0.39 is 11.6 Å². The molecule has 20 heavy (non-hydrogen) atoms. The Morgan fingerprint density at radius 1 is 0.900 bits per heavy atom. The molecule has 1 fully saturated rings. The SMILES string of the molecule is Fc1ccc(C2CC[CH]CC2c2ccccc2)c(F)c1. The maximum atomic E-state index is 14.1. The van der Waals surface area contributed by atoms with Crippen molar-refractivity contribution in [1.29, 1.82) is 0 Å². The predicted octanol–water partition coefficient (Wildman–Crippen LogP) is 5.22. The first-order valence-electron chi connectivity index (χ1n) is 7.07. The normalized spacial score (nSPS) is 22.7. The third-order valence-corrected chi connectivity index (χ3v) is 4.18. The van der Waals surface area contributed by atoms with Crippen LogP contribution < -0.4 is 0 Å². The van der Waals surface area contributed by atoms with Crippen LogP contribution in [0.3, 0.4) is 0 Å². The zero-order valence-electron chi connectivity index (χ0n) is 11.2. The molecule has 0 nitrogen and oxygen atoms in total. The monoisotopic (exact) mass is 271 g/mol. The quantitative estimate of drug-likeness (QED) is 0.702. The predicted molar refractivity (Wildman–Crippen MR) is 76.4 cm³/mol. The highest BCUT2D eigenvalue weighted by Gasteiger charge is 2.29. The zero-order chi connectivity index (χ0) is 13.9. The van der Waals surface area contributed by atoms with Crippen molar-refractivity contribution < 1.29 is 8.78 Å². The van der Waals surface area contributed by atoms with Crippen LogP contribution in [0.15, 0.2) is 48.5 Å². The van der Waals surface area contributed by atoms with Gasteiger partial charge in [0, 0.05) is 6.07 Å². The van der Waals surface area contributed by atoms with Gasteiger partial charge in [-0.2, -0.15) is 0 Å². The van der Waals surface area contributed by atoms with Crippen LogP contribution in [0.25, 0.3) is 0 Å². The van der Waals surface area contributed by atoms with Gasteiger partial charge in [-0.05, 0) is 54.7 Å². The largest absolute Gasteiger partial charge is 0.207 e. The van der Waals surface area contributed by atoms with Gasteiger partial charge in [-0.15, -0.1) is 0 Å². The Morgan fingerprint density at radius 2 is 1.70 bits per heavy atom. The average molecular weight is 271 g/mol. The van der Waals surface area contributed by atoms with Crippen LogP contribution in [-0.4, -0.2) is 0 Å². The highest BCUT2D eigenvalue weighted by atomic mass is 19.1. The van der Waals surface area contributed by atoms with E-state index in [0.29, 0.717) is 5.56 Å². The van der Waals surface area contributed by atoms with Gasteiger partial charge in [0.2, 0.25) is 0 Å². The summed E-state index contributed by atoms with van der Waals surface area (Å²) in [5.74, 6) is -0.518. The van der Waals surface area contributed by atoms with Crippen LogP contribution in [0.1, 0.15) is 42.2 Å². The minimum Gasteiger partial charge on any atom is -0.207 e. The van der Waals surface area contributed by atoms with Crippen molar-refractivity contribution in [1.82, 2.24) is 0 Å². The fraction of sp³-hybridized carbons (Fsp3) is 0.278. The summed E-state index contributed by atoms with van der Waals surface area (Å²) in [7, 11) is 0. The van der Waals surface area contributed by atoms with E-state index >= 15 is 0 Å². The standard InChI is InChI=1S/C18H17F2/c19-14-10-11-17(18(20)12-14)16-9-5-4-8-15(16)13-6-2-1-3-7-13/h1-4,6-7,10-12,15-16H,5,8-9H2. The molecule has 1 radical (unpaired) electrons. The molecule has 2 atom stereocenters. The number of hydrogen-bond acceptors (Lipinski definition) is 0. The summed E-state index contributed by atoms with van der Waals surface area (Å²) in [5.41, 5.74) is 1.88. The van der Waals surface area contributed by atoms with E-state index in [1.54, 1.807) is 6.07 Å². The lowest BCUT2D eigenvalue weighted by Crippen LogP contribution is -2.17. The molecule has 0 spiro atoms. The lowest BCUT2D eigenvalue weighted by atomic mass is 9.72. The fourth-order valence-corrected chi connectivity index (χ4v) is 3.20. The molecular formula is C18H17F2. The molecule has 0 aromatic heterocycles. The molecule has 2 heteroatoms. The van der Waals surface area contributed by atoms with Crippen LogP contribution in [0.5, 0.6) is 0 Å². The molecule has 0 bridgehead atoms. The van der Waals surface area contributed by atoms with E-state index in [2.05, 4.69) is 18.6 Å². The van der Waals surface area contributed by atoms with Crippen molar-refractivity contribution in [3.63, 3.8) is 0 Å². The summed E-state index contributed by atoms with van der Waals surface area (Å²) in [6, 6.07) is 14.2. The van der Waals surface area contributed by atoms with Crippen LogP contribution >= 0.6 is 0 Å². The average Bonchev–Trinajstić information content (AvgIpc) is 2.48. The summed E-state index contributed by atoms with van der Waals surface area (Å²) < 4.78 is 27.2. The highest BCUT2D eigenvalue weighted by Crippen LogP contribution is 2.44. The third kappa shape index (κ3) is 2.60. The van der Waals surface area contributed by atoms with E-state index in [1.165, 1.54) is 11.6 Å². The van der Waals surface area contributed by atoms with E-state index in [1.807, 2.05) is 18.2 Å². The first-order chi connectivity index (χ1) is 9.75. The van der Waals surface area contributed by atoms with Gasteiger partial charge in [-0.3, -0.25) is 0 Å². The van der Waals surface area contributed by atoms with Crippen molar-refractivity contribution in [3.8, 4) is 0 Å². The van der Waals surface area contributed by atoms with Crippen molar-refractivity contribution >= 4 is 0 Å². The number of rotatable bonds is 2. The molecule has 0 N–H and O–H groups in total. The van der Waals surface area contributed by atoms with Crippen LogP contribution in [-0.2, 0) is 0 Å². The van der Waals surface area contributed by atoms with E-state index in [-0.39, 0.29) is 11.8 Å². The first kappa shape index (κ1) is 13.3. The fourth-order valence-electron chi connectivity index (χ4n) is 3.20. The van der Waals surface area contributed by atoms with Crippen LogP contribution in [0.4, 0.5) is 8.78 Å². The van der Waals surface area contributed by atoms with Crippen molar-refractivity contribution in [2.45, 2.75) is 31.1 Å². The van der Waals surface area contributed by atoms with Gasteiger partial charge in [-0.1, -0.05) is 36.4 Å². The zero-order valence-corrected chi connectivity index (χ0v) is 11.2. The Kier molecular flexibility index (Phi) is 3.81. The minimum absolute atomic E-state index is 0.128. The molecule has 1 aliphatic carbocycles. The second kappa shape index (κ2) is 5.74. The van der Waals surface area contributed by atoms with Gasteiger partial charge in [-0.25, -0.2) is 8.78 Å². The molecule has 3 rings (SSSR count). The number of hydrogen-bond donors (Lipinski definition) is 0. The Bertz CT molecular complexity index is 577. The molecule has 1 aliphatic rings. The molecular weight excluding hydrogens is 254 g/mol. The Morgan fingerprint density at radius 3 is 2.45 bits per heavy atom. The Hall–Kier alpha value is -1.70. The van der Waals surface area contributed by atoms with Crippen molar-refractivity contribution in [2.75, 3.05) is 0 Å². The Labute approximate surface area is 118 Å². The van der Waals surface area contributed by atoms with Gasteiger partial charge >= 0.3 is 0 Å². The van der Waals surface area contributed by atoms with E-state index in [9.17, 15) is 8.78 Å². The first-order valence-corrected chi connectivity index (χ1v) is 7.07. The Balaban J connectivity index is 1.97. The van der Waals surface area contributed by atoms with Gasteiger partial charge in [0.05, 0.1) is 0 Å². The van der Waals surface area contributed by atoms with Crippen LogP contribution in [0, 0.1) is 18.1 Å². The topological polar surface area (TPSA) is 0 Å². The van der Waals surface area contributed by atoms with Gasteiger partial charge < -0.3 is 0 Å². The maximum Gasteiger partial charge on any atom is 0.129 e. The second-order valence-electron chi connectivity index (χ2n) is 5.39. The molecule has 103 valence electrons. The minimum atomic E-state index is -0.509. The van der Waals surface area contributed by atoms with Crippen molar-refractivity contribution in [3.05, 3.63) is 77.7 Å². The molecule has 0 heterocycles. The smallest absolute Gasteiger partial charge is 0.129 e. The van der Waals surface area contributed by atoms with Crippen molar-refractivity contribution in [2.24, 2.45) is 0 Å². The third-order valence-electron chi connectivity index (χ3n) is 4.18. The van der Waals surface area contributed by atoms with Gasteiger partial charge in [0.25, 0.3) is 0 Å². The molecule has 2 aromatic carbocycles. The van der Waals surface area contributed by atoms with Gasteiger partial charge in [0.15, 0.2) is 0 Å². The second-order valence-corrected chi connectivity index (χ2v) is 5.39. The summed E-state index contributed by atoms with van der Waals surface area (Å²) in [5, 5.41) is 0. The highest BCUT2D eigenvalue weighted by molar-refractivity contribution is 5.31. The lowest BCUT2D eigenvalue weighted by Gasteiger charge is -2.32. The van der Waals surface area contributed by atoms with E-state index in [0.717, 1.165) is 25.3 Å². The summed E-state index contributed by atoms with van der Waals surface area (Å²) in [6.07, 6.45) is 5.13. The molecule has 0 saturated heterocycles. The number of benzene rings is 2. The number of halogens is 2. The maximum absolute atomic E-state index is 14.1. The van der Waals surface area contributed by atoms with E-state index in [4.69, 9.17) is 0 Å². The summed E-state index contributed by atoms with van der Waals surface area (Å²) >= 11 is 0. The molecule has 0 aliphatic heterocycles. The lowest BCUT2D eigenvalue weighted by molar-refractivity contribution is 0.426. The molecule has 0 amide bonds. The van der Waals surface area contributed by atoms with Crippen LogP contribution in [0.2, 0.25) is 0 Å².